The van der Waals surface area contributed by atoms with Crippen molar-refractivity contribution in [3.05, 3.63) is 52.3 Å². The van der Waals surface area contributed by atoms with Crippen molar-refractivity contribution in [3.63, 3.8) is 0 Å². The molecule has 0 spiro atoms. The third kappa shape index (κ3) is 5.45. The molecule has 1 saturated carbocycles. The normalized spacial score (nSPS) is 16.5. The van der Waals surface area contributed by atoms with E-state index < -0.39 is 0 Å². The van der Waals surface area contributed by atoms with Gasteiger partial charge in [0, 0.05) is 12.1 Å². The SMILES string of the molecule is Cc1ccc(-n2nc(S[C@H](C)C(=O)NC3CCCCCC3)ccc2=O)cc1. The first kappa shape index (κ1) is 19.7. The number of carbonyl (C=O) groups is 1. The lowest BCUT2D eigenvalue weighted by atomic mass is 10.1. The van der Waals surface area contributed by atoms with Crippen LogP contribution in [0.3, 0.4) is 0 Å². The molecule has 1 aromatic heterocycles. The number of rotatable bonds is 5. The number of hydrogen-bond acceptors (Lipinski definition) is 4. The lowest BCUT2D eigenvalue weighted by Crippen LogP contribution is -2.39. The standard InChI is InChI=1S/C21H27N3O2S/c1-15-9-11-18(12-10-15)24-20(25)14-13-19(23-24)27-16(2)21(26)22-17-7-5-3-4-6-8-17/h9-14,16-17H,3-8H2,1-2H3,(H,22,26)/t16-/m1/s1. The van der Waals surface area contributed by atoms with Gasteiger partial charge in [0.25, 0.3) is 5.56 Å². The van der Waals surface area contributed by atoms with Crippen molar-refractivity contribution in [1.29, 1.82) is 0 Å². The number of nitrogens with one attached hydrogen (secondary N) is 1. The number of amides is 1. The molecule has 1 aliphatic rings. The van der Waals surface area contributed by atoms with Crippen LogP contribution in [0.4, 0.5) is 0 Å². The van der Waals surface area contributed by atoms with E-state index in [2.05, 4.69) is 10.4 Å². The fourth-order valence-electron chi connectivity index (χ4n) is 3.31. The molecule has 0 saturated heterocycles. The van der Waals surface area contributed by atoms with Gasteiger partial charge in [-0.05, 0) is 44.9 Å². The second-order valence-electron chi connectivity index (χ2n) is 7.21. The van der Waals surface area contributed by atoms with Gasteiger partial charge in [0.1, 0.15) is 5.03 Å². The summed E-state index contributed by atoms with van der Waals surface area (Å²) in [7, 11) is 0. The zero-order valence-corrected chi connectivity index (χ0v) is 16.8. The largest absolute Gasteiger partial charge is 0.352 e. The minimum absolute atomic E-state index is 0.0433. The molecule has 0 radical (unpaired) electrons. The Morgan fingerprint density at radius 2 is 1.78 bits per heavy atom. The lowest BCUT2D eigenvalue weighted by Gasteiger charge is -2.19. The molecule has 1 N–H and O–H groups in total. The smallest absolute Gasteiger partial charge is 0.271 e. The van der Waals surface area contributed by atoms with Crippen LogP contribution in [0.2, 0.25) is 0 Å². The Bertz CT molecular complexity index is 824. The van der Waals surface area contributed by atoms with Crippen molar-refractivity contribution >= 4 is 17.7 Å². The van der Waals surface area contributed by atoms with Crippen molar-refractivity contribution in [3.8, 4) is 5.69 Å². The zero-order chi connectivity index (χ0) is 19.2. The van der Waals surface area contributed by atoms with Crippen LogP contribution in [-0.2, 0) is 4.79 Å². The van der Waals surface area contributed by atoms with Gasteiger partial charge in [-0.3, -0.25) is 9.59 Å². The van der Waals surface area contributed by atoms with Gasteiger partial charge in [-0.25, -0.2) is 0 Å². The van der Waals surface area contributed by atoms with Crippen LogP contribution in [0.25, 0.3) is 5.69 Å². The van der Waals surface area contributed by atoms with Crippen LogP contribution in [0.5, 0.6) is 0 Å². The Morgan fingerprint density at radius 3 is 2.44 bits per heavy atom. The molecule has 1 heterocycles. The lowest BCUT2D eigenvalue weighted by molar-refractivity contribution is -0.121. The van der Waals surface area contributed by atoms with Crippen LogP contribution < -0.4 is 10.9 Å². The number of nitrogens with zero attached hydrogens (tertiary/aromatic N) is 2. The second kappa shape index (κ2) is 9.22. The second-order valence-corrected chi connectivity index (χ2v) is 8.58. The van der Waals surface area contributed by atoms with E-state index in [0.29, 0.717) is 5.03 Å². The van der Waals surface area contributed by atoms with E-state index in [4.69, 9.17) is 0 Å². The highest BCUT2D eigenvalue weighted by atomic mass is 32.2. The molecule has 1 aliphatic carbocycles. The van der Waals surface area contributed by atoms with Gasteiger partial charge in [-0.2, -0.15) is 9.78 Å². The summed E-state index contributed by atoms with van der Waals surface area (Å²) in [5.41, 5.74) is 1.67. The van der Waals surface area contributed by atoms with Crippen molar-refractivity contribution in [2.75, 3.05) is 0 Å². The zero-order valence-electron chi connectivity index (χ0n) is 16.0. The molecule has 3 rings (SSSR count). The minimum Gasteiger partial charge on any atom is -0.352 e. The minimum atomic E-state index is -0.260. The number of thioether (sulfide) groups is 1. The predicted octanol–water partition coefficient (Wildman–Crippen LogP) is 3.86. The topological polar surface area (TPSA) is 64.0 Å². The summed E-state index contributed by atoms with van der Waals surface area (Å²) in [6, 6.07) is 11.1. The van der Waals surface area contributed by atoms with Crippen LogP contribution in [0.15, 0.2) is 46.2 Å². The summed E-state index contributed by atoms with van der Waals surface area (Å²) in [6.07, 6.45) is 7.05. The first-order chi connectivity index (χ1) is 13.0. The quantitative estimate of drug-likeness (QED) is 0.627. The van der Waals surface area contributed by atoms with Crippen LogP contribution in [0.1, 0.15) is 51.0 Å². The van der Waals surface area contributed by atoms with Gasteiger partial charge < -0.3 is 5.32 Å². The molecular formula is C21H27N3O2S. The molecule has 144 valence electrons. The van der Waals surface area contributed by atoms with Gasteiger partial charge in [-0.15, -0.1) is 0 Å². The number of aromatic nitrogens is 2. The third-order valence-corrected chi connectivity index (χ3v) is 5.95. The third-order valence-electron chi connectivity index (χ3n) is 4.92. The first-order valence-corrected chi connectivity index (χ1v) is 10.6. The highest BCUT2D eigenvalue weighted by Crippen LogP contribution is 2.22. The molecule has 0 bridgehead atoms. The Labute approximate surface area is 164 Å². The van der Waals surface area contributed by atoms with Crippen molar-refractivity contribution in [1.82, 2.24) is 15.1 Å². The molecule has 0 aliphatic heterocycles. The Hall–Kier alpha value is -2.08. The van der Waals surface area contributed by atoms with E-state index in [0.717, 1.165) is 24.1 Å². The molecule has 0 unspecified atom stereocenters. The molecule has 2 aromatic rings. The molecule has 1 fully saturated rings. The molecule has 6 heteroatoms. The van der Waals surface area contributed by atoms with Crippen LogP contribution >= 0.6 is 11.8 Å². The van der Waals surface area contributed by atoms with Crippen molar-refractivity contribution in [2.45, 2.75) is 68.7 Å². The summed E-state index contributed by atoms with van der Waals surface area (Å²) in [5, 5.41) is 8.04. The Morgan fingerprint density at radius 1 is 1.11 bits per heavy atom. The summed E-state index contributed by atoms with van der Waals surface area (Å²) in [6.45, 7) is 3.89. The van der Waals surface area contributed by atoms with E-state index in [9.17, 15) is 9.59 Å². The summed E-state index contributed by atoms with van der Waals surface area (Å²) >= 11 is 1.38. The van der Waals surface area contributed by atoms with E-state index in [1.807, 2.05) is 38.1 Å². The Kier molecular flexibility index (Phi) is 6.72. The van der Waals surface area contributed by atoms with Crippen molar-refractivity contribution in [2.24, 2.45) is 0 Å². The highest BCUT2D eigenvalue weighted by Gasteiger charge is 2.20. The molecule has 5 nitrogen and oxygen atoms in total. The van der Waals surface area contributed by atoms with Crippen LogP contribution in [0, 0.1) is 6.92 Å². The summed E-state index contributed by atoms with van der Waals surface area (Å²) < 4.78 is 1.39. The fraction of sp³-hybridized carbons (Fsp3) is 0.476. The van der Waals surface area contributed by atoms with E-state index in [-0.39, 0.29) is 22.8 Å². The van der Waals surface area contributed by atoms with Gasteiger partial charge in [0.15, 0.2) is 0 Å². The Balaban J connectivity index is 1.67. The first-order valence-electron chi connectivity index (χ1n) is 9.67. The van der Waals surface area contributed by atoms with E-state index in [1.165, 1.54) is 48.2 Å². The monoisotopic (exact) mass is 385 g/mol. The average molecular weight is 386 g/mol. The maximum absolute atomic E-state index is 12.6. The molecular weight excluding hydrogens is 358 g/mol. The summed E-state index contributed by atoms with van der Waals surface area (Å²) in [4.78, 5) is 24.7. The molecule has 27 heavy (non-hydrogen) atoms. The summed E-state index contributed by atoms with van der Waals surface area (Å²) in [5.74, 6) is 0.0433. The average Bonchev–Trinajstić information content (AvgIpc) is 2.92. The number of carbonyl (C=O) groups excluding carboxylic acids is 1. The van der Waals surface area contributed by atoms with Gasteiger partial charge >= 0.3 is 0 Å². The number of aryl methyl sites for hydroxylation is 1. The number of hydrogen-bond donors (Lipinski definition) is 1. The van der Waals surface area contributed by atoms with Gasteiger partial charge in [0.2, 0.25) is 5.91 Å². The van der Waals surface area contributed by atoms with Gasteiger partial charge in [0.05, 0.1) is 10.9 Å². The molecule has 1 amide bonds. The number of benzene rings is 1. The predicted molar refractivity (Wildman–Crippen MR) is 110 cm³/mol. The van der Waals surface area contributed by atoms with E-state index in [1.54, 1.807) is 6.07 Å². The van der Waals surface area contributed by atoms with Crippen LogP contribution in [-0.4, -0.2) is 27.0 Å². The molecule has 1 atom stereocenters. The highest BCUT2D eigenvalue weighted by molar-refractivity contribution is 8.00. The maximum Gasteiger partial charge on any atom is 0.271 e. The fourth-order valence-corrected chi connectivity index (χ4v) is 4.12. The van der Waals surface area contributed by atoms with E-state index >= 15 is 0 Å². The van der Waals surface area contributed by atoms with Crippen molar-refractivity contribution < 1.29 is 4.79 Å². The van der Waals surface area contributed by atoms with Gasteiger partial charge in [-0.1, -0.05) is 55.1 Å². The molecule has 1 aromatic carbocycles. The maximum atomic E-state index is 12.6.